The third-order valence-electron chi connectivity index (χ3n) is 1.46. The lowest BCUT2D eigenvalue weighted by molar-refractivity contribution is -0.119. The number of rotatable bonds is 5. The van der Waals surface area contributed by atoms with Gasteiger partial charge in [-0.3, -0.25) is 0 Å². The summed E-state index contributed by atoms with van der Waals surface area (Å²) < 4.78 is 10.0. The zero-order valence-electron chi connectivity index (χ0n) is 7.26. The van der Waals surface area contributed by atoms with Gasteiger partial charge in [-0.1, -0.05) is 22.0 Å². The van der Waals surface area contributed by atoms with E-state index < -0.39 is 0 Å². The number of ether oxygens (including phenoxy) is 2. The topological polar surface area (TPSA) is 18.5 Å². The molecule has 0 aromatic heterocycles. The fraction of sp³-hybridized carbons (Fsp3) is 0.750. The van der Waals surface area contributed by atoms with E-state index in [2.05, 4.69) is 22.5 Å². The van der Waals surface area contributed by atoms with Crippen molar-refractivity contribution in [3.05, 3.63) is 12.7 Å². The Bertz CT molecular complexity index is 119. The predicted octanol–water partition coefficient (Wildman–Crippen LogP) is 2.33. The first kappa shape index (κ1) is 11.1. The monoisotopic (exact) mass is 222 g/mol. The van der Waals surface area contributed by atoms with Gasteiger partial charge in [0.25, 0.3) is 0 Å². The molecule has 0 saturated heterocycles. The standard InChI is InChI=1S/C8H15BrO2/c1-5-6-8(2,9)7(10-3)11-4/h5,7H,1,6H2,2-4H3/t8-/m1/s1. The minimum Gasteiger partial charge on any atom is -0.354 e. The van der Waals surface area contributed by atoms with Gasteiger partial charge in [-0.05, 0) is 13.3 Å². The smallest absolute Gasteiger partial charge is 0.171 e. The molecule has 0 heterocycles. The summed E-state index contributed by atoms with van der Waals surface area (Å²) in [5, 5.41) is 0. The second kappa shape index (κ2) is 4.91. The molecule has 0 aromatic rings. The average molecular weight is 223 g/mol. The molecule has 66 valence electrons. The first-order valence-electron chi connectivity index (χ1n) is 3.44. The molecule has 2 nitrogen and oxygen atoms in total. The molecule has 0 spiro atoms. The number of halogens is 1. The molecule has 0 amide bonds. The Kier molecular flexibility index (Phi) is 4.97. The molecule has 0 N–H and O–H groups in total. The highest BCUT2D eigenvalue weighted by atomic mass is 79.9. The molecule has 0 unspecified atom stereocenters. The molecule has 0 bridgehead atoms. The molecular formula is C8H15BrO2. The summed E-state index contributed by atoms with van der Waals surface area (Å²) in [6, 6.07) is 0. The molecule has 0 saturated carbocycles. The zero-order valence-corrected chi connectivity index (χ0v) is 8.85. The Labute approximate surface area is 76.7 Å². The van der Waals surface area contributed by atoms with Gasteiger partial charge < -0.3 is 9.47 Å². The molecule has 0 fully saturated rings. The summed E-state index contributed by atoms with van der Waals surface area (Å²) in [6.07, 6.45) is 2.40. The van der Waals surface area contributed by atoms with Crippen LogP contribution in [0.3, 0.4) is 0 Å². The van der Waals surface area contributed by atoms with Crippen LogP contribution in [0, 0.1) is 0 Å². The molecule has 0 rings (SSSR count). The number of methoxy groups -OCH3 is 2. The van der Waals surface area contributed by atoms with E-state index in [1.807, 2.05) is 13.0 Å². The first-order chi connectivity index (χ1) is 5.08. The highest BCUT2D eigenvalue weighted by Crippen LogP contribution is 2.28. The molecule has 3 heteroatoms. The van der Waals surface area contributed by atoms with E-state index in [0.29, 0.717) is 0 Å². The van der Waals surface area contributed by atoms with E-state index in [1.165, 1.54) is 0 Å². The van der Waals surface area contributed by atoms with E-state index in [4.69, 9.17) is 9.47 Å². The fourth-order valence-corrected chi connectivity index (χ4v) is 1.57. The number of hydrogen-bond acceptors (Lipinski definition) is 2. The third-order valence-corrected chi connectivity index (χ3v) is 2.16. The molecule has 0 aliphatic rings. The van der Waals surface area contributed by atoms with Crippen LogP contribution in [0.25, 0.3) is 0 Å². The molecular weight excluding hydrogens is 208 g/mol. The quantitative estimate of drug-likeness (QED) is 0.404. The third kappa shape index (κ3) is 3.36. The van der Waals surface area contributed by atoms with Gasteiger partial charge in [0.2, 0.25) is 0 Å². The van der Waals surface area contributed by atoms with Gasteiger partial charge >= 0.3 is 0 Å². The summed E-state index contributed by atoms with van der Waals surface area (Å²) in [6.45, 7) is 5.66. The van der Waals surface area contributed by atoms with Crippen LogP contribution in [-0.4, -0.2) is 24.8 Å². The Morgan fingerprint density at radius 3 is 2.27 bits per heavy atom. The Morgan fingerprint density at radius 2 is 2.00 bits per heavy atom. The first-order valence-corrected chi connectivity index (χ1v) is 4.23. The van der Waals surface area contributed by atoms with Crippen LogP contribution in [0.15, 0.2) is 12.7 Å². The molecule has 0 aliphatic carbocycles. The van der Waals surface area contributed by atoms with Crippen LogP contribution < -0.4 is 0 Å². The summed E-state index contributed by atoms with van der Waals surface area (Å²) in [5.74, 6) is 0. The van der Waals surface area contributed by atoms with Gasteiger partial charge in [0.1, 0.15) is 0 Å². The number of alkyl halides is 1. The molecule has 11 heavy (non-hydrogen) atoms. The van der Waals surface area contributed by atoms with E-state index in [-0.39, 0.29) is 10.6 Å². The second-order valence-electron chi connectivity index (χ2n) is 2.57. The van der Waals surface area contributed by atoms with Crippen LogP contribution in [0.5, 0.6) is 0 Å². The lowest BCUT2D eigenvalue weighted by atomic mass is 10.1. The maximum Gasteiger partial charge on any atom is 0.171 e. The Balaban J connectivity index is 4.10. The van der Waals surface area contributed by atoms with Gasteiger partial charge in [0, 0.05) is 14.2 Å². The maximum absolute atomic E-state index is 5.10. The zero-order chi connectivity index (χ0) is 8.91. The minimum atomic E-state index is -0.236. The Morgan fingerprint density at radius 1 is 1.55 bits per heavy atom. The molecule has 0 aromatic carbocycles. The average Bonchev–Trinajstić information content (AvgIpc) is 1.89. The van der Waals surface area contributed by atoms with E-state index in [9.17, 15) is 0 Å². The van der Waals surface area contributed by atoms with E-state index in [0.717, 1.165) is 6.42 Å². The predicted molar refractivity (Wildman–Crippen MR) is 50.0 cm³/mol. The van der Waals surface area contributed by atoms with Gasteiger partial charge in [-0.15, -0.1) is 6.58 Å². The second-order valence-corrected chi connectivity index (χ2v) is 4.39. The van der Waals surface area contributed by atoms with Crippen LogP contribution in [0.4, 0.5) is 0 Å². The minimum absolute atomic E-state index is 0.182. The summed E-state index contributed by atoms with van der Waals surface area (Å²) >= 11 is 3.51. The fourth-order valence-electron chi connectivity index (χ4n) is 0.966. The van der Waals surface area contributed by atoms with Crippen LogP contribution in [0.1, 0.15) is 13.3 Å². The SMILES string of the molecule is C=CC[C@@](C)(Br)C(OC)OC. The summed E-state index contributed by atoms with van der Waals surface area (Å²) in [5.41, 5.74) is 0. The van der Waals surface area contributed by atoms with Crippen molar-refractivity contribution in [1.82, 2.24) is 0 Å². The molecule has 1 atom stereocenters. The van der Waals surface area contributed by atoms with Crippen LogP contribution in [0.2, 0.25) is 0 Å². The van der Waals surface area contributed by atoms with Crippen molar-refractivity contribution in [2.75, 3.05) is 14.2 Å². The van der Waals surface area contributed by atoms with Gasteiger partial charge in [-0.2, -0.15) is 0 Å². The van der Waals surface area contributed by atoms with E-state index in [1.54, 1.807) is 14.2 Å². The van der Waals surface area contributed by atoms with Gasteiger partial charge in [0.05, 0.1) is 4.32 Å². The summed E-state index contributed by atoms with van der Waals surface area (Å²) in [7, 11) is 3.24. The van der Waals surface area contributed by atoms with Gasteiger partial charge in [0.15, 0.2) is 6.29 Å². The van der Waals surface area contributed by atoms with E-state index >= 15 is 0 Å². The number of allylic oxidation sites excluding steroid dienone is 1. The summed E-state index contributed by atoms with van der Waals surface area (Å²) in [4.78, 5) is 0. The maximum atomic E-state index is 5.10. The van der Waals surface area contributed by atoms with Crippen molar-refractivity contribution in [2.45, 2.75) is 24.0 Å². The van der Waals surface area contributed by atoms with Crippen molar-refractivity contribution >= 4 is 15.9 Å². The highest BCUT2D eigenvalue weighted by molar-refractivity contribution is 9.10. The molecule has 0 radical (unpaired) electrons. The van der Waals surface area contributed by atoms with Crippen LogP contribution >= 0.6 is 15.9 Å². The van der Waals surface area contributed by atoms with Crippen molar-refractivity contribution in [1.29, 1.82) is 0 Å². The lowest BCUT2D eigenvalue weighted by Gasteiger charge is -2.28. The Hall–Kier alpha value is 0.140. The lowest BCUT2D eigenvalue weighted by Crippen LogP contribution is -2.35. The normalized spacial score (nSPS) is 16.5. The highest BCUT2D eigenvalue weighted by Gasteiger charge is 2.30. The van der Waals surface area contributed by atoms with Crippen LogP contribution in [-0.2, 0) is 9.47 Å². The molecule has 0 aliphatic heterocycles. The largest absolute Gasteiger partial charge is 0.354 e. The van der Waals surface area contributed by atoms with Crippen molar-refractivity contribution in [2.24, 2.45) is 0 Å². The van der Waals surface area contributed by atoms with Gasteiger partial charge in [-0.25, -0.2) is 0 Å². The van der Waals surface area contributed by atoms with Crippen molar-refractivity contribution in [3.8, 4) is 0 Å². The number of hydrogen-bond donors (Lipinski definition) is 0. The van der Waals surface area contributed by atoms with Crippen molar-refractivity contribution < 1.29 is 9.47 Å². The van der Waals surface area contributed by atoms with Crippen molar-refractivity contribution in [3.63, 3.8) is 0 Å².